The molecule has 0 bridgehead atoms. The first-order valence-corrected chi connectivity index (χ1v) is 9.60. The van der Waals surface area contributed by atoms with Gasteiger partial charge < -0.3 is 25.3 Å². The van der Waals surface area contributed by atoms with Gasteiger partial charge in [0.1, 0.15) is 0 Å². The molecule has 1 aliphatic heterocycles. The van der Waals surface area contributed by atoms with E-state index in [2.05, 4.69) is 34.7 Å². The number of furan rings is 1. The minimum Gasteiger partial charge on any atom is -0.459 e. The van der Waals surface area contributed by atoms with Crippen LogP contribution in [0.5, 0.6) is 0 Å². The summed E-state index contributed by atoms with van der Waals surface area (Å²) in [6.07, 6.45) is 4.86. The Bertz CT molecular complexity index is 537. The Balaban J connectivity index is 1.44. The van der Waals surface area contributed by atoms with E-state index in [0.29, 0.717) is 19.6 Å². The maximum absolute atomic E-state index is 11.7. The van der Waals surface area contributed by atoms with Gasteiger partial charge in [0.25, 0.3) is 5.91 Å². The van der Waals surface area contributed by atoms with E-state index < -0.39 is 0 Å². The summed E-state index contributed by atoms with van der Waals surface area (Å²) in [6, 6.07) is 3.06. The molecule has 1 aromatic rings. The fraction of sp³-hybridized carbons (Fsp3) is 0.684. The van der Waals surface area contributed by atoms with E-state index in [1.165, 1.54) is 25.8 Å². The van der Waals surface area contributed by atoms with Gasteiger partial charge in [-0.25, -0.2) is 4.79 Å². The van der Waals surface area contributed by atoms with Crippen molar-refractivity contribution in [2.75, 3.05) is 39.3 Å². The number of hydrogen-bond donors (Lipinski definition) is 3. The lowest BCUT2D eigenvalue weighted by Gasteiger charge is -2.34. The predicted octanol–water partition coefficient (Wildman–Crippen LogP) is 2.07. The Morgan fingerprint density at radius 3 is 2.46 bits per heavy atom. The zero-order valence-corrected chi connectivity index (χ0v) is 15.9. The van der Waals surface area contributed by atoms with E-state index in [9.17, 15) is 9.59 Å². The van der Waals surface area contributed by atoms with E-state index >= 15 is 0 Å². The molecule has 0 aliphatic carbocycles. The number of piperidine rings is 1. The maximum atomic E-state index is 11.7. The number of nitrogens with zero attached hydrogens (tertiary/aromatic N) is 1. The molecule has 1 fully saturated rings. The molecule has 26 heavy (non-hydrogen) atoms. The lowest BCUT2D eigenvalue weighted by Crippen LogP contribution is -2.41. The summed E-state index contributed by atoms with van der Waals surface area (Å²) in [5.41, 5.74) is 0. The first-order chi connectivity index (χ1) is 12.5. The molecular weight excluding hydrogens is 332 g/mol. The summed E-state index contributed by atoms with van der Waals surface area (Å²) >= 11 is 0. The van der Waals surface area contributed by atoms with Crippen molar-refractivity contribution in [2.24, 2.45) is 11.8 Å². The number of likely N-dealkylation sites (tertiary alicyclic amines) is 1. The first-order valence-electron chi connectivity index (χ1n) is 9.60. The van der Waals surface area contributed by atoms with Gasteiger partial charge in [-0.3, -0.25) is 4.79 Å². The van der Waals surface area contributed by atoms with Crippen LogP contribution in [0.25, 0.3) is 0 Å². The number of rotatable bonds is 9. The molecule has 1 saturated heterocycles. The molecule has 2 unspecified atom stereocenters. The van der Waals surface area contributed by atoms with Crippen LogP contribution in [0.1, 0.15) is 43.7 Å². The van der Waals surface area contributed by atoms with E-state index in [-0.39, 0.29) is 17.7 Å². The largest absolute Gasteiger partial charge is 0.459 e. The van der Waals surface area contributed by atoms with Gasteiger partial charge in [-0.1, -0.05) is 13.8 Å². The smallest absolute Gasteiger partial charge is 0.314 e. The van der Waals surface area contributed by atoms with Gasteiger partial charge in [-0.15, -0.1) is 0 Å². The van der Waals surface area contributed by atoms with Crippen molar-refractivity contribution >= 4 is 11.9 Å². The average molecular weight is 364 g/mol. The van der Waals surface area contributed by atoms with Crippen LogP contribution in [0.4, 0.5) is 4.79 Å². The molecule has 146 valence electrons. The summed E-state index contributed by atoms with van der Waals surface area (Å²) in [4.78, 5) is 25.9. The molecular formula is C19H32N4O3. The number of carbonyl (C=O) groups excluding carboxylic acids is 2. The molecule has 0 spiro atoms. The minimum absolute atomic E-state index is 0.197. The lowest BCUT2D eigenvalue weighted by atomic mass is 9.92. The van der Waals surface area contributed by atoms with Crippen LogP contribution in [0.2, 0.25) is 0 Å². The van der Waals surface area contributed by atoms with Gasteiger partial charge in [0.15, 0.2) is 5.76 Å². The number of amides is 3. The van der Waals surface area contributed by atoms with Crippen LogP contribution in [0.15, 0.2) is 22.8 Å². The molecule has 0 radical (unpaired) electrons. The molecule has 0 saturated carbocycles. The van der Waals surface area contributed by atoms with E-state index in [1.807, 2.05) is 0 Å². The van der Waals surface area contributed by atoms with Gasteiger partial charge in [0.05, 0.1) is 6.26 Å². The van der Waals surface area contributed by atoms with Crippen LogP contribution in [0.3, 0.4) is 0 Å². The maximum Gasteiger partial charge on any atom is 0.314 e. The van der Waals surface area contributed by atoms with Gasteiger partial charge in [0.2, 0.25) is 0 Å². The monoisotopic (exact) mass is 364 g/mol. The summed E-state index contributed by atoms with van der Waals surface area (Å²) in [7, 11) is 0. The molecule has 3 N–H and O–H groups in total. The predicted molar refractivity (Wildman–Crippen MR) is 101 cm³/mol. The van der Waals surface area contributed by atoms with E-state index in [0.717, 1.165) is 31.2 Å². The number of hydrogen-bond acceptors (Lipinski definition) is 4. The SMILES string of the molecule is CC1CC(C)CN(CCCCNC(=O)NCCNC(=O)c2ccco2)C1. The third-order valence-electron chi connectivity index (χ3n) is 4.57. The highest BCUT2D eigenvalue weighted by atomic mass is 16.3. The third-order valence-corrected chi connectivity index (χ3v) is 4.57. The molecule has 2 atom stereocenters. The van der Waals surface area contributed by atoms with Crippen LogP contribution in [-0.4, -0.2) is 56.1 Å². The van der Waals surface area contributed by atoms with Crippen LogP contribution in [0, 0.1) is 11.8 Å². The van der Waals surface area contributed by atoms with Crippen molar-refractivity contribution in [3.63, 3.8) is 0 Å². The van der Waals surface area contributed by atoms with Crippen LogP contribution in [-0.2, 0) is 0 Å². The lowest BCUT2D eigenvalue weighted by molar-refractivity contribution is 0.0926. The number of unbranched alkanes of at least 4 members (excludes halogenated alkanes) is 1. The zero-order chi connectivity index (χ0) is 18.8. The fourth-order valence-corrected chi connectivity index (χ4v) is 3.55. The van der Waals surface area contributed by atoms with Gasteiger partial charge in [-0.2, -0.15) is 0 Å². The Morgan fingerprint density at radius 2 is 1.77 bits per heavy atom. The highest BCUT2D eigenvalue weighted by Gasteiger charge is 2.20. The number of nitrogens with one attached hydrogen (secondary N) is 3. The van der Waals surface area contributed by atoms with Crippen molar-refractivity contribution in [2.45, 2.75) is 33.1 Å². The Labute approximate surface area is 155 Å². The van der Waals surface area contributed by atoms with Crippen molar-refractivity contribution < 1.29 is 14.0 Å². The molecule has 1 aromatic heterocycles. The van der Waals surface area contributed by atoms with Crippen molar-refractivity contribution in [3.8, 4) is 0 Å². The second-order valence-corrected chi connectivity index (χ2v) is 7.33. The van der Waals surface area contributed by atoms with E-state index in [1.54, 1.807) is 12.1 Å². The second kappa shape index (κ2) is 10.9. The summed E-state index contributed by atoms with van der Waals surface area (Å²) < 4.78 is 4.99. The van der Waals surface area contributed by atoms with Gasteiger partial charge in [0, 0.05) is 32.7 Å². The molecule has 7 heteroatoms. The summed E-state index contributed by atoms with van der Waals surface area (Å²) in [5.74, 6) is 1.57. The second-order valence-electron chi connectivity index (χ2n) is 7.33. The molecule has 1 aliphatic rings. The normalized spacial score (nSPS) is 20.5. The third kappa shape index (κ3) is 7.47. The molecule has 7 nitrogen and oxygen atoms in total. The molecule has 2 rings (SSSR count). The minimum atomic E-state index is -0.279. The average Bonchev–Trinajstić information content (AvgIpc) is 3.12. The van der Waals surface area contributed by atoms with Gasteiger partial charge in [-0.05, 0) is 49.8 Å². The Kier molecular flexibility index (Phi) is 8.47. The zero-order valence-electron chi connectivity index (χ0n) is 15.9. The Hall–Kier alpha value is -2.02. The van der Waals surface area contributed by atoms with Crippen molar-refractivity contribution in [3.05, 3.63) is 24.2 Å². The summed E-state index contributed by atoms with van der Waals surface area (Å²) in [6.45, 7) is 9.56. The van der Waals surface area contributed by atoms with Crippen molar-refractivity contribution in [1.29, 1.82) is 0 Å². The number of carbonyl (C=O) groups is 2. The molecule has 2 heterocycles. The van der Waals surface area contributed by atoms with Crippen LogP contribution < -0.4 is 16.0 Å². The Morgan fingerprint density at radius 1 is 1.08 bits per heavy atom. The van der Waals surface area contributed by atoms with Gasteiger partial charge >= 0.3 is 6.03 Å². The quantitative estimate of drug-likeness (QED) is 0.586. The van der Waals surface area contributed by atoms with E-state index in [4.69, 9.17) is 4.42 Å². The molecule has 3 amide bonds. The number of urea groups is 1. The fourth-order valence-electron chi connectivity index (χ4n) is 3.55. The highest BCUT2D eigenvalue weighted by Crippen LogP contribution is 2.20. The van der Waals surface area contributed by atoms with Crippen molar-refractivity contribution in [1.82, 2.24) is 20.9 Å². The summed E-state index contributed by atoms with van der Waals surface area (Å²) in [5, 5.41) is 8.26. The molecule has 0 aromatic carbocycles. The standard InChI is InChI=1S/C19H32N4O3/c1-15-12-16(2)14-23(13-15)10-4-3-7-21-19(25)22-9-8-20-18(24)17-6-5-11-26-17/h5-6,11,15-16H,3-4,7-10,12-14H2,1-2H3,(H,20,24)(H2,21,22,25). The van der Waals surface area contributed by atoms with Crippen LogP contribution >= 0.6 is 0 Å². The topological polar surface area (TPSA) is 86.6 Å². The highest BCUT2D eigenvalue weighted by molar-refractivity contribution is 5.91. The first kappa shape index (κ1) is 20.3.